The van der Waals surface area contributed by atoms with E-state index in [1.54, 1.807) is 11.9 Å². The Labute approximate surface area is 225 Å². The molecule has 2 bridgehead atoms. The zero-order chi connectivity index (χ0) is 27.0. The van der Waals surface area contributed by atoms with Gasteiger partial charge in [0.25, 0.3) is 5.92 Å². The SMILES string of the molecule is Cc1nnc(C(C)C)n1C1C[C@H]2CC[C@@H](C1)N2CC[C@H](NC(=O)C1CCN(C)CC1(F)F)c1ccccc1. The van der Waals surface area contributed by atoms with Gasteiger partial charge in [0, 0.05) is 30.6 Å². The van der Waals surface area contributed by atoms with Crippen molar-refractivity contribution < 1.29 is 13.6 Å². The average molecular weight is 529 g/mol. The first kappa shape index (κ1) is 27.2. The number of amides is 1. The van der Waals surface area contributed by atoms with Crippen LogP contribution < -0.4 is 5.32 Å². The van der Waals surface area contributed by atoms with Gasteiger partial charge in [0.05, 0.1) is 12.6 Å². The number of benzene rings is 1. The van der Waals surface area contributed by atoms with Gasteiger partial charge in [-0.2, -0.15) is 0 Å². The summed E-state index contributed by atoms with van der Waals surface area (Å²) in [4.78, 5) is 17.4. The molecule has 1 aromatic carbocycles. The van der Waals surface area contributed by atoms with E-state index >= 15 is 0 Å². The van der Waals surface area contributed by atoms with Gasteiger partial charge >= 0.3 is 0 Å². The van der Waals surface area contributed by atoms with E-state index in [0.29, 0.717) is 37.0 Å². The third kappa shape index (κ3) is 5.50. The van der Waals surface area contributed by atoms with Crippen LogP contribution in [0, 0.1) is 12.8 Å². The predicted octanol–water partition coefficient (Wildman–Crippen LogP) is 4.71. The fraction of sp³-hybridized carbons (Fsp3) is 0.690. The number of rotatable bonds is 8. The van der Waals surface area contributed by atoms with E-state index < -0.39 is 17.7 Å². The number of carbonyl (C=O) groups is 1. The van der Waals surface area contributed by atoms with Crippen LogP contribution in [0.4, 0.5) is 8.78 Å². The van der Waals surface area contributed by atoms with Crippen molar-refractivity contribution in [3.05, 3.63) is 47.5 Å². The summed E-state index contributed by atoms with van der Waals surface area (Å²) in [7, 11) is 1.68. The topological polar surface area (TPSA) is 66.3 Å². The highest BCUT2D eigenvalue weighted by molar-refractivity contribution is 5.80. The monoisotopic (exact) mass is 528 g/mol. The van der Waals surface area contributed by atoms with Crippen molar-refractivity contribution in [2.75, 3.05) is 26.7 Å². The van der Waals surface area contributed by atoms with Gasteiger partial charge in [0.15, 0.2) is 0 Å². The molecule has 3 saturated heterocycles. The van der Waals surface area contributed by atoms with Gasteiger partial charge in [-0.15, -0.1) is 10.2 Å². The molecule has 208 valence electrons. The molecule has 3 fully saturated rings. The number of halogens is 2. The Morgan fingerprint density at radius 1 is 1.08 bits per heavy atom. The van der Waals surface area contributed by atoms with Crippen molar-refractivity contribution >= 4 is 5.91 Å². The van der Waals surface area contributed by atoms with Crippen molar-refractivity contribution in [3.63, 3.8) is 0 Å². The van der Waals surface area contributed by atoms with Gasteiger partial charge in [-0.25, -0.2) is 8.78 Å². The summed E-state index contributed by atoms with van der Waals surface area (Å²) >= 11 is 0. The molecule has 5 rings (SSSR count). The molecular formula is C29H42F2N6O. The number of nitrogens with zero attached hydrogens (tertiary/aromatic N) is 5. The van der Waals surface area contributed by atoms with Crippen LogP contribution in [-0.4, -0.2) is 75.2 Å². The molecular weight excluding hydrogens is 486 g/mol. The number of nitrogens with one attached hydrogen (secondary N) is 1. The Hall–Kier alpha value is -2.39. The molecule has 9 heteroatoms. The van der Waals surface area contributed by atoms with Gasteiger partial charge in [0.1, 0.15) is 17.6 Å². The lowest BCUT2D eigenvalue weighted by Crippen LogP contribution is -2.53. The first-order valence-corrected chi connectivity index (χ1v) is 14.2. The zero-order valence-corrected chi connectivity index (χ0v) is 23.1. The molecule has 1 aromatic heterocycles. The lowest BCUT2D eigenvalue weighted by atomic mass is 9.91. The van der Waals surface area contributed by atoms with E-state index in [1.807, 2.05) is 37.3 Å². The second-order valence-corrected chi connectivity index (χ2v) is 12.0. The fourth-order valence-corrected chi connectivity index (χ4v) is 7.04. The smallest absolute Gasteiger partial charge is 0.272 e. The number of aromatic nitrogens is 3. The second-order valence-electron chi connectivity index (χ2n) is 12.0. The number of hydrogen-bond donors (Lipinski definition) is 1. The van der Waals surface area contributed by atoms with Crippen LogP contribution in [0.1, 0.15) is 87.6 Å². The minimum Gasteiger partial charge on any atom is -0.349 e. The normalized spacial score (nSPS) is 28.5. The minimum absolute atomic E-state index is 0.176. The molecule has 3 aliphatic rings. The Morgan fingerprint density at radius 3 is 2.39 bits per heavy atom. The van der Waals surface area contributed by atoms with Crippen LogP contribution in [0.25, 0.3) is 0 Å². The first-order valence-electron chi connectivity index (χ1n) is 14.2. The summed E-state index contributed by atoms with van der Waals surface area (Å²) < 4.78 is 31.9. The number of aryl methyl sites for hydroxylation is 1. The number of likely N-dealkylation sites (tertiary alicyclic amines) is 1. The average Bonchev–Trinajstić information content (AvgIpc) is 3.36. The molecule has 0 aliphatic carbocycles. The Kier molecular flexibility index (Phi) is 7.87. The molecule has 1 N–H and O–H groups in total. The third-order valence-electron chi connectivity index (χ3n) is 8.93. The number of fused-ring (bicyclic) bond motifs is 2. The van der Waals surface area contributed by atoms with Gasteiger partial charge in [-0.1, -0.05) is 44.2 Å². The number of alkyl halides is 2. The van der Waals surface area contributed by atoms with Crippen molar-refractivity contribution in [1.29, 1.82) is 0 Å². The summed E-state index contributed by atoms with van der Waals surface area (Å²) in [6, 6.07) is 10.9. The molecule has 1 amide bonds. The predicted molar refractivity (Wildman–Crippen MR) is 143 cm³/mol. The van der Waals surface area contributed by atoms with Crippen LogP contribution in [0.2, 0.25) is 0 Å². The molecule has 2 unspecified atom stereocenters. The molecule has 3 aliphatic heterocycles. The van der Waals surface area contributed by atoms with E-state index in [4.69, 9.17) is 0 Å². The molecule has 0 radical (unpaired) electrons. The standard InChI is InChI=1S/C29H42F2N6O/c1-19(2)27-34-33-20(3)37(27)24-16-22-10-11-23(17-24)36(22)15-13-26(21-8-6-5-7-9-21)32-28(38)25-12-14-35(4)18-29(25,30)31/h5-9,19,22-26H,10-18H2,1-4H3,(H,32,38)/t22-,23+,24?,25?,26-/m0/s1. The summed E-state index contributed by atoms with van der Waals surface area (Å²) in [5.74, 6) is -2.43. The first-order chi connectivity index (χ1) is 18.1. The number of carbonyl (C=O) groups excluding carboxylic acids is 1. The van der Waals surface area contributed by atoms with Crippen LogP contribution in [-0.2, 0) is 4.79 Å². The molecule has 7 nitrogen and oxygen atoms in total. The van der Waals surface area contributed by atoms with Crippen LogP contribution in [0.15, 0.2) is 30.3 Å². The third-order valence-corrected chi connectivity index (χ3v) is 8.93. The lowest BCUT2D eigenvalue weighted by Gasteiger charge is -2.41. The maximum absolute atomic E-state index is 14.7. The number of piperidine rings is 2. The van der Waals surface area contributed by atoms with E-state index in [-0.39, 0.29) is 19.0 Å². The maximum Gasteiger partial charge on any atom is 0.272 e. The van der Waals surface area contributed by atoms with Gasteiger partial charge in [-0.3, -0.25) is 9.69 Å². The van der Waals surface area contributed by atoms with E-state index in [1.165, 1.54) is 12.8 Å². The highest BCUT2D eigenvalue weighted by Crippen LogP contribution is 2.42. The van der Waals surface area contributed by atoms with E-state index in [2.05, 4.69) is 38.8 Å². The Balaban J connectivity index is 1.27. The zero-order valence-electron chi connectivity index (χ0n) is 23.1. The van der Waals surface area contributed by atoms with Crippen molar-refractivity contribution in [3.8, 4) is 0 Å². The molecule has 5 atom stereocenters. The fourth-order valence-electron chi connectivity index (χ4n) is 7.04. The highest BCUT2D eigenvalue weighted by atomic mass is 19.3. The second kappa shape index (κ2) is 11.0. The van der Waals surface area contributed by atoms with Gasteiger partial charge < -0.3 is 14.8 Å². The molecule has 0 saturated carbocycles. The van der Waals surface area contributed by atoms with Crippen LogP contribution >= 0.6 is 0 Å². The largest absolute Gasteiger partial charge is 0.349 e. The Bertz CT molecular complexity index is 1090. The summed E-state index contributed by atoms with van der Waals surface area (Å²) in [5, 5.41) is 11.9. The van der Waals surface area contributed by atoms with E-state index in [9.17, 15) is 13.6 Å². The molecule has 2 aromatic rings. The molecule has 38 heavy (non-hydrogen) atoms. The van der Waals surface area contributed by atoms with Gasteiger partial charge in [-0.05, 0) is 64.6 Å². The quantitative estimate of drug-likeness (QED) is 0.538. The molecule has 0 spiro atoms. The van der Waals surface area contributed by atoms with E-state index in [0.717, 1.165) is 36.6 Å². The Morgan fingerprint density at radius 2 is 1.76 bits per heavy atom. The molecule has 4 heterocycles. The van der Waals surface area contributed by atoms with Crippen LogP contribution in [0.3, 0.4) is 0 Å². The van der Waals surface area contributed by atoms with Crippen molar-refractivity contribution in [2.45, 2.75) is 95.3 Å². The lowest BCUT2D eigenvalue weighted by molar-refractivity contribution is -0.150. The minimum atomic E-state index is -3.02. The van der Waals surface area contributed by atoms with Crippen LogP contribution in [0.5, 0.6) is 0 Å². The maximum atomic E-state index is 14.7. The summed E-state index contributed by atoms with van der Waals surface area (Å²) in [6.07, 6.45) is 5.36. The summed E-state index contributed by atoms with van der Waals surface area (Å²) in [6.45, 7) is 7.36. The number of hydrogen-bond acceptors (Lipinski definition) is 5. The van der Waals surface area contributed by atoms with Gasteiger partial charge in [0.2, 0.25) is 5.91 Å². The van der Waals surface area contributed by atoms with Crippen molar-refractivity contribution in [2.24, 2.45) is 5.92 Å². The highest BCUT2D eigenvalue weighted by Gasteiger charge is 2.48. The van der Waals surface area contributed by atoms with Crippen molar-refractivity contribution in [1.82, 2.24) is 29.9 Å². The summed E-state index contributed by atoms with van der Waals surface area (Å²) in [5.41, 5.74) is 0.973.